The summed E-state index contributed by atoms with van der Waals surface area (Å²) in [5.74, 6) is -1.70. The number of aromatic nitrogens is 2. The average molecular weight is 419 g/mol. The number of hydrogen-bond donors (Lipinski definition) is 2. The summed E-state index contributed by atoms with van der Waals surface area (Å²) in [7, 11) is 1.51. The van der Waals surface area contributed by atoms with Crippen LogP contribution in [-0.4, -0.2) is 45.5 Å². The number of carbonyl (C=O) groups excluding carboxylic acids is 3. The summed E-state index contributed by atoms with van der Waals surface area (Å²) >= 11 is 0. The van der Waals surface area contributed by atoms with Crippen LogP contribution in [0.5, 0.6) is 0 Å². The fraction of sp³-hybridized carbons (Fsp3) is 0.182. The molecule has 8 nitrogen and oxygen atoms in total. The molecule has 1 atom stereocenters. The van der Waals surface area contributed by atoms with E-state index in [9.17, 15) is 18.8 Å². The summed E-state index contributed by atoms with van der Waals surface area (Å²) in [6.07, 6.45) is 3.57. The average Bonchev–Trinajstić information content (AvgIpc) is 3.41. The van der Waals surface area contributed by atoms with Gasteiger partial charge in [-0.3, -0.25) is 24.4 Å². The topological polar surface area (TPSA) is 98.4 Å². The first-order valence-electron chi connectivity index (χ1n) is 9.73. The normalized spacial score (nSPS) is 19.9. The summed E-state index contributed by atoms with van der Waals surface area (Å²) in [5, 5.41) is 9.35. The standard InChI is InChI=1S/C22H18FN5O3/c1-27-20(30)17-6-5-13(14-11-24-25-12-14)9-18(17)28-19(29)7-8-22(27,28)21(31)26-16-4-2-3-15(23)10-16/h2-6,9-12H,7-8H2,1H3,(H,24,25)(H,26,31). The van der Waals surface area contributed by atoms with Crippen molar-refractivity contribution in [1.82, 2.24) is 15.1 Å². The van der Waals surface area contributed by atoms with Crippen molar-refractivity contribution in [2.75, 3.05) is 17.3 Å². The molecule has 1 unspecified atom stereocenters. The van der Waals surface area contributed by atoms with Gasteiger partial charge in [0.25, 0.3) is 11.8 Å². The molecule has 3 heterocycles. The summed E-state index contributed by atoms with van der Waals surface area (Å²) in [5.41, 5.74) is 0.956. The molecule has 3 amide bonds. The Bertz CT molecular complexity index is 1230. The number of amides is 3. The summed E-state index contributed by atoms with van der Waals surface area (Å²) in [4.78, 5) is 42.3. The van der Waals surface area contributed by atoms with Gasteiger partial charge in [0, 0.05) is 37.3 Å². The van der Waals surface area contributed by atoms with Crippen LogP contribution in [0.2, 0.25) is 0 Å². The molecule has 1 saturated heterocycles. The second kappa shape index (κ2) is 6.76. The van der Waals surface area contributed by atoms with Crippen LogP contribution < -0.4 is 10.2 Å². The van der Waals surface area contributed by atoms with Gasteiger partial charge in [0.2, 0.25) is 11.6 Å². The monoisotopic (exact) mass is 419 g/mol. The van der Waals surface area contributed by atoms with Crippen molar-refractivity contribution >= 4 is 29.1 Å². The van der Waals surface area contributed by atoms with Gasteiger partial charge in [0.05, 0.1) is 17.4 Å². The lowest BCUT2D eigenvalue weighted by Gasteiger charge is -2.47. The molecule has 0 bridgehead atoms. The number of nitrogens with one attached hydrogen (secondary N) is 2. The fourth-order valence-electron chi connectivity index (χ4n) is 4.36. The van der Waals surface area contributed by atoms with E-state index in [-0.39, 0.29) is 30.3 Å². The highest BCUT2D eigenvalue weighted by Crippen LogP contribution is 2.45. The van der Waals surface area contributed by atoms with E-state index in [0.717, 1.165) is 11.1 Å². The zero-order valence-corrected chi connectivity index (χ0v) is 16.6. The van der Waals surface area contributed by atoms with Gasteiger partial charge in [-0.05, 0) is 35.9 Å². The first-order valence-corrected chi connectivity index (χ1v) is 9.73. The fourth-order valence-corrected chi connectivity index (χ4v) is 4.36. The summed E-state index contributed by atoms with van der Waals surface area (Å²) in [6, 6.07) is 10.6. The molecular formula is C22H18FN5O3. The Morgan fingerprint density at radius 3 is 2.77 bits per heavy atom. The number of benzene rings is 2. The Morgan fingerprint density at radius 2 is 2.03 bits per heavy atom. The molecule has 31 heavy (non-hydrogen) atoms. The number of carbonyl (C=O) groups is 3. The first-order chi connectivity index (χ1) is 14.9. The van der Waals surface area contributed by atoms with Gasteiger partial charge in [0.1, 0.15) is 5.82 Å². The maximum atomic E-state index is 13.6. The number of H-pyrrole nitrogens is 1. The minimum Gasteiger partial charge on any atom is -0.322 e. The molecule has 1 aromatic heterocycles. The van der Waals surface area contributed by atoms with Gasteiger partial charge in [-0.15, -0.1) is 0 Å². The molecule has 0 spiro atoms. The van der Waals surface area contributed by atoms with Gasteiger partial charge < -0.3 is 10.2 Å². The SMILES string of the molecule is CN1C(=O)c2ccc(-c3cn[nH]c3)cc2N2C(=O)CCC12C(=O)Nc1cccc(F)c1. The Hall–Kier alpha value is -4.01. The molecule has 3 aromatic rings. The van der Waals surface area contributed by atoms with Crippen LogP contribution in [0.4, 0.5) is 15.8 Å². The number of anilines is 2. The third-order valence-electron chi connectivity index (χ3n) is 5.91. The van der Waals surface area contributed by atoms with Crippen molar-refractivity contribution in [3.63, 3.8) is 0 Å². The molecular weight excluding hydrogens is 401 g/mol. The van der Waals surface area contributed by atoms with E-state index in [0.29, 0.717) is 11.3 Å². The molecule has 1 fully saturated rings. The van der Waals surface area contributed by atoms with E-state index in [4.69, 9.17) is 0 Å². The molecule has 2 N–H and O–H groups in total. The van der Waals surface area contributed by atoms with Gasteiger partial charge in [0.15, 0.2) is 0 Å². The molecule has 2 aliphatic heterocycles. The Labute approximate surface area is 176 Å². The third kappa shape index (κ3) is 2.73. The molecule has 0 aliphatic carbocycles. The van der Waals surface area contributed by atoms with Crippen LogP contribution in [0.3, 0.4) is 0 Å². The van der Waals surface area contributed by atoms with E-state index in [1.807, 2.05) is 0 Å². The molecule has 5 rings (SSSR count). The second-order valence-electron chi connectivity index (χ2n) is 7.59. The maximum Gasteiger partial charge on any atom is 0.271 e. The van der Waals surface area contributed by atoms with Crippen molar-refractivity contribution < 1.29 is 18.8 Å². The molecule has 0 saturated carbocycles. The molecule has 2 aliphatic rings. The van der Waals surface area contributed by atoms with Crippen molar-refractivity contribution in [2.45, 2.75) is 18.5 Å². The molecule has 9 heteroatoms. The molecule has 0 radical (unpaired) electrons. The van der Waals surface area contributed by atoms with Gasteiger partial charge >= 0.3 is 0 Å². The van der Waals surface area contributed by atoms with Crippen LogP contribution in [0.15, 0.2) is 54.9 Å². The van der Waals surface area contributed by atoms with E-state index in [1.165, 1.54) is 35.0 Å². The maximum absolute atomic E-state index is 13.6. The summed E-state index contributed by atoms with van der Waals surface area (Å²) < 4.78 is 13.6. The van der Waals surface area contributed by atoms with Crippen LogP contribution in [0.25, 0.3) is 11.1 Å². The number of fused-ring (bicyclic) bond motifs is 3. The lowest BCUT2D eigenvalue weighted by atomic mass is 9.94. The van der Waals surface area contributed by atoms with Crippen LogP contribution >= 0.6 is 0 Å². The van der Waals surface area contributed by atoms with E-state index >= 15 is 0 Å². The highest BCUT2D eigenvalue weighted by atomic mass is 19.1. The third-order valence-corrected chi connectivity index (χ3v) is 5.91. The van der Waals surface area contributed by atoms with Crippen molar-refractivity contribution in [3.8, 4) is 11.1 Å². The molecule has 2 aromatic carbocycles. The predicted molar refractivity (Wildman–Crippen MR) is 111 cm³/mol. The van der Waals surface area contributed by atoms with Crippen molar-refractivity contribution in [3.05, 3.63) is 66.2 Å². The lowest BCUT2D eigenvalue weighted by molar-refractivity contribution is -0.128. The number of rotatable bonds is 3. The Balaban J connectivity index is 1.63. The molecule has 156 valence electrons. The highest BCUT2D eigenvalue weighted by Gasteiger charge is 2.59. The zero-order valence-electron chi connectivity index (χ0n) is 16.6. The number of likely N-dealkylation sites (N-methyl/N-ethyl adjacent to an activating group) is 1. The van der Waals surface area contributed by atoms with Gasteiger partial charge in [-0.1, -0.05) is 12.1 Å². The minimum absolute atomic E-state index is 0.101. The van der Waals surface area contributed by atoms with Crippen LogP contribution in [-0.2, 0) is 9.59 Å². The Kier molecular flexibility index (Phi) is 4.14. The van der Waals surface area contributed by atoms with Crippen LogP contribution in [0.1, 0.15) is 23.2 Å². The Morgan fingerprint density at radius 1 is 1.19 bits per heavy atom. The van der Waals surface area contributed by atoms with Crippen molar-refractivity contribution in [1.29, 1.82) is 0 Å². The number of aromatic amines is 1. The minimum atomic E-state index is -1.54. The first kappa shape index (κ1) is 19.0. The quantitative estimate of drug-likeness (QED) is 0.682. The van der Waals surface area contributed by atoms with E-state index < -0.39 is 17.4 Å². The smallest absolute Gasteiger partial charge is 0.271 e. The van der Waals surface area contributed by atoms with E-state index in [2.05, 4.69) is 15.5 Å². The highest BCUT2D eigenvalue weighted by molar-refractivity contribution is 6.18. The van der Waals surface area contributed by atoms with Crippen LogP contribution in [0, 0.1) is 5.82 Å². The largest absolute Gasteiger partial charge is 0.322 e. The van der Waals surface area contributed by atoms with Gasteiger partial charge in [-0.2, -0.15) is 5.10 Å². The number of hydrogen-bond acceptors (Lipinski definition) is 4. The van der Waals surface area contributed by atoms with Gasteiger partial charge in [-0.25, -0.2) is 4.39 Å². The number of halogens is 1. The summed E-state index contributed by atoms with van der Waals surface area (Å²) in [6.45, 7) is 0. The number of nitrogens with zero attached hydrogens (tertiary/aromatic N) is 3. The second-order valence-corrected chi connectivity index (χ2v) is 7.59. The zero-order chi connectivity index (χ0) is 21.8. The predicted octanol–water partition coefficient (Wildman–Crippen LogP) is 2.76. The van der Waals surface area contributed by atoms with Crippen molar-refractivity contribution in [2.24, 2.45) is 0 Å². The van der Waals surface area contributed by atoms with E-state index in [1.54, 1.807) is 36.7 Å². The lowest BCUT2D eigenvalue weighted by Crippen LogP contribution is -2.68.